The number of nitrogens with zero attached hydrogens (tertiary/aromatic N) is 2. The molecule has 0 spiro atoms. The van der Waals surface area contributed by atoms with E-state index < -0.39 is 10.0 Å². The maximum Gasteiger partial charge on any atom is 0.243 e. The van der Waals surface area contributed by atoms with Crippen molar-refractivity contribution in [3.05, 3.63) is 23.0 Å². The highest BCUT2D eigenvalue weighted by Crippen LogP contribution is 2.21. The Morgan fingerprint density at radius 1 is 1.50 bits per heavy atom. The minimum atomic E-state index is -3.74. The zero-order chi connectivity index (χ0) is 12.3. The molecule has 1 N–H and O–H groups in total. The number of sulfonamides is 1. The van der Waals surface area contributed by atoms with E-state index in [4.69, 9.17) is 16.9 Å². The lowest BCUT2D eigenvalue weighted by molar-refractivity contribution is 0.569. The largest absolute Gasteiger partial charge is 0.262 e. The van der Waals surface area contributed by atoms with Crippen LogP contribution in [0.3, 0.4) is 0 Å². The number of halogens is 1. The number of rotatable bonds is 3. The van der Waals surface area contributed by atoms with E-state index in [1.807, 2.05) is 0 Å². The third-order valence-corrected chi connectivity index (χ3v) is 3.61. The van der Waals surface area contributed by atoms with Crippen molar-refractivity contribution in [1.82, 2.24) is 9.71 Å². The standard InChI is InChI=1S/C9H10ClN3O2S/c1-6(2)13-16(14,15)9-5-12-4-8(10)7(9)3-11/h4-6,13H,1-2H3. The second-order valence-corrected chi connectivity index (χ2v) is 5.47. The highest BCUT2D eigenvalue weighted by molar-refractivity contribution is 7.89. The van der Waals surface area contributed by atoms with E-state index in [-0.39, 0.29) is 21.5 Å². The van der Waals surface area contributed by atoms with Crippen molar-refractivity contribution in [2.24, 2.45) is 0 Å². The SMILES string of the molecule is CC(C)NS(=O)(=O)c1cncc(Cl)c1C#N. The Bertz CT molecular complexity index is 534. The summed E-state index contributed by atoms with van der Waals surface area (Å²) >= 11 is 5.69. The molecule has 0 aliphatic heterocycles. The van der Waals surface area contributed by atoms with Crippen molar-refractivity contribution in [1.29, 1.82) is 5.26 Å². The average Bonchev–Trinajstić information content (AvgIpc) is 2.15. The quantitative estimate of drug-likeness (QED) is 0.887. The van der Waals surface area contributed by atoms with Crippen molar-refractivity contribution >= 4 is 21.6 Å². The fourth-order valence-corrected chi connectivity index (χ4v) is 2.73. The number of nitriles is 1. The van der Waals surface area contributed by atoms with Gasteiger partial charge in [-0.05, 0) is 13.8 Å². The summed E-state index contributed by atoms with van der Waals surface area (Å²) in [5.74, 6) is 0. The molecule has 1 rings (SSSR count). The van der Waals surface area contributed by atoms with Gasteiger partial charge in [-0.2, -0.15) is 5.26 Å². The molecule has 0 aliphatic rings. The van der Waals surface area contributed by atoms with Crippen LogP contribution in [-0.2, 0) is 10.0 Å². The number of aromatic nitrogens is 1. The van der Waals surface area contributed by atoms with Gasteiger partial charge in [0.1, 0.15) is 11.0 Å². The Balaban J connectivity index is 3.35. The first-order valence-electron chi connectivity index (χ1n) is 4.44. The predicted octanol–water partition coefficient (Wildman–Crippen LogP) is 1.29. The van der Waals surface area contributed by atoms with Crippen LogP contribution in [0.4, 0.5) is 0 Å². The Hall–Kier alpha value is -1.16. The molecular formula is C9H10ClN3O2S. The first kappa shape index (κ1) is 12.9. The summed E-state index contributed by atoms with van der Waals surface area (Å²) in [5.41, 5.74) is -0.0928. The molecular weight excluding hydrogens is 250 g/mol. The molecule has 0 bridgehead atoms. The first-order valence-corrected chi connectivity index (χ1v) is 6.30. The maximum atomic E-state index is 11.8. The van der Waals surface area contributed by atoms with Crippen LogP contribution in [0.25, 0.3) is 0 Å². The van der Waals surface area contributed by atoms with Crippen LogP contribution in [0.15, 0.2) is 17.3 Å². The summed E-state index contributed by atoms with van der Waals surface area (Å²) in [4.78, 5) is 3.47. The van der Waals surface area contributed by atoms with Gasteiger partial charge in [-0.25, -0.2) is 13.1 Å². The maximum absolute atomic E-state index is 11.8. The van der Waals surface area contributed by atoms with Crippen LogP contribution in [0, 0.1) is 11.3 Å². The molecule has 0 aliphatic carbocycles. The van der Waals surface area contributed by atoms with Gasteiger partial charge in [-0.3, -0.25) is 4.98 Å². The van der Waals surface area contributed by atoms with Crippen molar-refractivity contribution < 1.29 is 8.42 Å². The summed E-state index contributed by atoms with van der Waals surface area (Å²) in [5, 5.41) is 8.86. The van der Waals surface area contributed by atoms with Crippen LogP contribution < -0.4 is 4.72 Å². The minimum Gasteiger partial charge on any atom is -0.262 e. The molecule has 16 heavy (non-hydrogen) atoms. The number of pyridine rings is 1. The van der Waals surface area contributed by atoms with Gasteiger partial charge in [-0.1, -0.05) is 11.6 Å². The smallest absolute Gasteiger partial charge is 0.243 e. The van der Waals surface area contributed by atoms with E-state index in [1.54, 1.807) is 19.9 Å². The summed E-state index contributed by atoms with van der Waals surface area (Å²) in [6.45, 7) is 3.36. The number of hydrogen-bond donors (Lipinski definition) is 1. The summed E-state index contributed by atoms with van der Waals surface area (Å²) in [7, 11) is -3.74. The molecule has 1 aromatic rings. The minimum absolute atomic E-state index is 0.0223. The van der Waals surface area contributed by atoms with E-state index in [0.717, 1.165) is 6.20 Å². The predicted molar refractivity (Wildman–Crippen MR) is 59.4 cm³/mol. The molecule has 1 heterocycles. The average molecular weight is 260 g/mol. The Morgan fingerprint density at radius 3 is 2.62 bits per heavy atom. The Morgan fingerprint density at radius 2 is 2.12 bits per heavy atom. The number of hydrogen-bond acceptors (Lipinski definition) is 4. The van der Waals surface area contributed by atoms with Crippen LogP contribution in [0.2, 0.25) is 5.02 Å². The molecule has 0 atom stereocenters. The number of nitrogens with one attached hydrogen (secondary N) is 1. The van der Waals surface area contributed by atoms with Crippen LogP contribution in [0.1, 0.15) is 19.4 Å². The summed E-state index contributed by atoms with van der Waals surface area (Å²) < 4.78 is 26.0. The Kier molecular flexibility index (Phi) is 3.86. The topological polar surface area (TPSA) is 82.8 Å². The molecule has 0 aromatic carbocycles. The molecule has 0 fully saturated rings. The van der Waals surface area contributed by atoms with Gasteiger partial charge >= 0.3 is 0 Å². The van der Waals surface area contributed by atoms with Gasteiger partial charge in [0.25, 0.3) is 0 Å². The molecule has 5 nitrogen and oxygen atoms in total. The van der Waals surface area contributed by atoms with Gasteiger partial charge in [0, 0.05) is 18.4 Å². The fourth-order valence-electron chi connectivity index (χ4n) is 1.10. The normalized spacial score (nSPS) is 11.4. The van der Waals surface area contributed by atoms with E-state index >= 15 is 0 Å². The first-order chi connectivity index (χ1) is 7.38. The molecule has 0 amide bonds. The van der Waals surface area contributed by atoms with Crippen molar-refractivity contribution in [3.63, 3.8) is 0 Å². The van der Waals surface area contributed by atoms with Crippen LogP contribution in [0.5, 0.6) is 0 Å². The van der Waals surface area contributed by atoms with Gasteiger partial charge in [0.2, 0.25) is 10.0 Å². The van der Waals surface area contributed by atoms with E-state index in [9.17, 15) is 8.42 Å². The lowest BCUT2D eigenvalue weighted by Gasteiger charge is -2.10. The molecule has 0 unspecified atom stereocenters. The van der Waals surface area contributed by atoms with E-state index in [1.165, 1.54) is 6.20 Å². The van der Waals surface area contributed by atoms with Gasteiger partial charge in [0.05, 0.1) is 10.6 Å². The molecule has 0 radical (unpaired) electrons. The van der Waals surface area contributed by atoms with Gasteiger partial charge < -0.3 is 0 Å². The summed E-state index contributed by atoms with van der Waals surface area (Å²) in [6, 6.07) is 1.48. The lowest BCUT2D eigenvalue weighted by Crippen LogP contribution is -2.30. The highest BCUT2D eigenvalue weighted by Gasteiger charge is 2.21. The molecule has 0 saturated heterocycles. The van der Waals surface area contributed by atoms with Crippen molar-refractivity contribution in [3.8, 4) is 6.07 Å². The fraction of sp³-hybridized carbons (Fsp3) is 0.333. The second-order valence-electron chi connectivity index (χ2n) is 3.38. The zero-order valence-corrected chi connectivity index (χ0v) is 10.3. The summed E-state index contributed by atoms with van der Waals surface area (Å²) in [6.07, 6.45) is 2.34. The Labute approximate surface area is 99.1 Å². The van der Waals surface area contributed by atoms with Gasteiger partial charge in [-0.15, -0.1) is 0 Å². The van der Waals surface area contributed by atoms with Crippen molar-refractivity contribution in [2.75, 3.05) is 0 Å². The zero-order valence-electron chi connectivity index (χ0n) is 8.73. The monoisotopic (exact) mass is 259 g/mol. The molecule has 86 valence electrons. The molecule has 7 heteroatoms. The van der Waals surface area contributed by atoms with Crippen LogP contribution in [-0.4, -0.2) is 19.4 Å². The van der Waals surface area contributed by atoms with Crippen LogP contribution >= 0.6 is 11.6 Å². The van der Waals surface area contributed by atoms with Crippen molar-refractivity contribution in [2.45, 2.75) is 24.8 Å². The highest BCUT2D eigenvalue weighted by atomic mass is 35.5. The van der Waals surface area contributed by atoms with Gasteiger partial charge in [0.15, 0.2) is 0 Å². The van der Waals surface area contributed by atoms with E-state index in [2.05, 4.69) is 9.71 Å². The third kappa shape index (κ3) is 2.70. The third-order valence-electron chi connectivity index (χ3n) is 1.66. The molecule has 0 saturated carbocycles. The lowest BCUT2D eigenvalue weighted by atomic mass is 10.3. The second kappa shape index (κ2) is 4.78. The molecule has 1 aromatic heterocycles. The van der Waals surface area contributed by atoms with E-state index in [0.29, 0.717) is 0 Å².